The third-order valence-corrected chi connectivity index (χ3v) is 3.86. The van der Waals surface area contributed by atoms with Gasteiger partial charge in [-0.1, -0.05) is 6.07 Å². The largest absolute Gasteiger partial charge is 0.316 e. The normalized spacial score (nSPS) is 29.0. The van der Waals surface area contributed by atoms with Crippen molar-refractivity contribution in [3.05, 3.63) is 30.1 Å². The lowest BCUT2D eigenvalue weighted by Gasteiger charge is -2.39. The van der Waals surface area contributed by atoms with Crippen molar-refractivity contribution < 1.29 is 0 Å². The number of hydrogen-bond donors (Lipinski definition) is 1. The summed E-state index contributed by atoms with van der Waals surface area (Å²) in [6.45, 7) is 2.48. The van der Waals surface area contributed by atoms with Crippen LogP contribution in [0, 0.1) is 5.41 Å². The first kappa shape index (κ1) is 8.42. The molecular weight excluding hydrogens is 172 g/mol. The van der Waals surface area contributed by atoms with Crippen LogP contribution in [0.3, 0.4) is 0 Å². The lowest BCUT2D eigenvalue weighted by Crippen LogP contribution is -2.51. The van der Waals surface area contributed by atoms with Gasteiger partial charge in [0.2, 0.25) is 0 Å². The molecule has 1 unspecified atom stereocenters. The number of pyridine rings is 1. The van der Waals surface area contributed by atoms with Crippen LogP contribution < -0.4 is 5.32 Å². The smallest absolute Gasteiger partial charge is 0.0302 e. The molecule has 0 radical (unpaired) electrons. The van der Waals surface area contributed by atoms with Crippen LogP contribution in [0.4, 0.5) is 0 Å². The molecule has 2 fully saturated rings. The van der Waals surface area contributed by atoms with Crippen LogP contribution in [0.15, 0.2) is 24.5 Å². The zero-order valence-electron chi connectivity index (χ0n) is 8.37. The van der Waals surface area contributed by atoms with Crippen molar-refractivity contribution in [3.8, 4) is 0 Å². The number of hydrogen-bond acceptors (Lipinski definition) is 2. The molecule has 3 rings (SSSR count). The zero-order valence-corrected chi connectivity index (χ0v) is 8.37. The molecule has 1 spiro atoms. The molecule has 1 aromatic rings. The second kappa shape index (κ2) is 3.06. The van der Waals surface area contributed by atoms with Gasteiger partial charge in [0, 0.05) is 25.5 Å². The van der Waals surface area contributed by atoms with Crippen LogP contribution in [0.2, 0.25) is 0 Å². The topological polar surface area (TPSA) is 24.9 Å². The van der Waals surface area contributed by atoms with Crippen LogP contribution in [0.5, 0.6) is 0 Å². The molecule has 2 aliphatic rings. The molecule has 14 heavy (non-hydrogen) atoms. The molecule has 74 valence electrons. The summed E-state index contributed by atoms with van der Waals surface area (Å²) in [5, 5.41) is 3.40. The molecule has 0 bridgehead atoms. The summed E-state index contributed by atoms with van der Waals surface area (Å²) < 4.78 is 0. The summed E-state index contributed by atoms with van der Waals surface area (Å²) in [5.41, 5.74) is 2.09. The van der Waals surface area contributed by atoms with E-state index in [-0.39, 0.29) is 0 Å². The van der Waals surface area contributed by atoms with Gasteiger partial charge in [0.05, 0.1) is 0 Å². The van der Waals surface area contributed by atoms with E-state index in [0.29, 0.717) is 5.41 Å². The standard InChI is InChI=1S/C12H16N2/c1-2-11(7-13-5-1)10-3-4-12(6-10)8-14-9-12/h1-2,5,7,10,14H,3-4,6,8-9H2. The second-order valence-electron chi connectivity index (χ2n) is 4.83. The molecule has 2 nitrogen and oxygen atoms in total. The van der Waals surface area contributed by atoms with Crippen molar-refractivity contribution in [1.82, 2.24) is 10.3 Å². The Hall–Kier alpha value is -0.890. The highest BCUT2D eigenvalue weighted by Gasteiger charge is 2.43. The van der Waals surface area contributed by atoms with Gasteiger partial charge in [0.1, 0.15) is 0 Å². The Kier molecular flexibility index (Phi) is 1.84. The first-order valence-corrected chi connectivity index (χ1v) is 5.49. The maximum atomic E-state index is 4.21. The lowest BCUT2D eigenvalue weighted by molar-refractivity contribution is 0.175. The number of nitrogens with one attached hydrogen (secondary N) is 1. The Morgan fingerprint density at radius 2 is 2.36 bits per heavy atom. The molecule has 2 heterocycles. The average molecular weight is 188 g/mol. The highest BCUT2D eigenvalue weighted by Crippen LogP contribution is 2.48. The van der Waals surface area contributed by atoms with Crippen molar-refractivity contribution in [3.63, 3.8) is 0 Å². The Labute approximate surface area is 84.7 Å². The molecule has 1 aliphatic carbocycles. The molecule has 2 heteroatoms. The van der Waals surface area contributed by atoms with E-state index < -0.39 is 0 Å². The monoisotopic (exact) mass is 188 g/mol. The summed E-state index contributed by atoms with van der Waals surface area (Å²) >= 11 is 0. The van der Waals surface area contributed by atoms with E-state index in [0.717, 1.165) is 5.92 Å². The van der Waals surface area contributed by atoms with Gasteiger partial charge in [-0.15, -0.1) is 0 Å². The Bertz CT molecular complexity index is 316. The number of rotatable bonds is 1. The van der Waals surface area contributed by atoms with Gasteiger partial charge >= 0.3 is 0 Å². The zero-order chi connectivity index (χ0) is 9.43. The van der Waals surface area contributed by atoms with Crippen molar-refractivity contribution in [2.45, 2.75) is 25.2 Å². The third-order valence-electron chi connectivity index (χ3n) is 3.86. The third kappa shape index (κ3) is 1.25. The predicted molar refractivity (Wildman–Crippen MR) is 56.1 cm³/mol. The van der Waals surface area contributed by atoms with Crippen LogP contribution in [0.1, 0.15) is 30.7 Å². The van der Waals surface area contributed by atoms with E-state index in [1.165, 1.54) is 37.9 Å². The molecule has 1 saturated carbocycles. The SMILES string of the molecule is c1cncc(C2CCC3(CNC3)C2)c1. The highest BCUT2D eigenvalue weighted by atomic mass is 15.0. The van der Waals surface area contributed by atoms with Crippen LogP contribution in [0.25, 0.3) is 0 Å². The van der Waals surface area contributed by atoms with E-state index in [9.17, 15) is 0 Å². The van der Waals surface area contributed by atoms with Gasteiger partial charge in [-0.2, -0.15) is 0 Å². The maximum Gasteiger partial charge on any atom is 0.0302 e. The minimum atomic E-state index is 0.653. The summed E-state index contributed by atoms with van der Waals surface area (Å²) in [4.78, 5) is 4.21. The molecule has 1 atom stereocenters. The van der Waals surface area contributed by atoms with Gasteiger partial charge < -0.3 is 5.32 Å². The van der Waals surface area contributed by atoms with Crippen LogP contribution in [-0.2, 0) is 0 Å². The highest BCUT2D eigenvalue weighted by molar-refractivity contribution is 5.18. The fraction of sp³-hybridized carbons (Fsp3) is 0.583. The van der Waals surface area contributed by atoms with Crippen LogP contribution >= 0.6 is 0 Å². The minimum Gasteiger partial charge on any atom is -0.316 e. The van der Waals surface area contributed by atoms with Crippen LogP contribution in [-0.4, -0.2) is 18.1 Å². The van der Waals surface area contributed by atoms with Crippen molar-refractivity contribution in [2.24, 2.45) is 5.41 Å². The number of nitrogens with zero attached hydrogens (tertiary/aromatic N) is 1. The molecule has 1 saturated heterocycles. The number of aromatic nitrogens is 1. The Morgan fingerprint density at radius 3 is 2.93 bits per heavy atom. The van der Waals surface area contributed by atoms with Gasteiger partial charge in [0.25, 0.3) is 0 Å². The Balaban J connectivity index is 1.76. The van der Waals surface area contributed by atoms with E-state index in [2.05, 4.69) is 22.4 Å². The van der Waals surface area contributed by atoms with Crippen molar-refractivity contribution >= 4 is 0 Å². The first-order chi connectivity index (χ1) is 6.88. The fourth-order valence-electron chi connectivity index (χ4n) is 2.91. The quantitative estimate of drug-likeness (QED) is 0.728. The van der Waals surface area contributed by atoms with Gasteiger partial charge in [-0.25, -0.2) is 0 Å². The molecule has 1 aromatic heterocycles. The van der Waals surface area contributed by atoms with E-state index in [1.807, 2.05) is 12.4 Å². The lowest BCUT2D eigenvalue weighted by atomic mass is 9.79. The molecule has 0 aromatic carbocycles. The predicted octanol–water partition coefficient (Wildman–Crippen LogP) is 1.94. The molecule has 1 aliphatic heterocycles. The van der Waals surface area contributed by atoms with Gasteiger partial charge in [-0.3, -0.25) is 4.98 Å². The maximum absolute atomic E-state index is 4.21. The molecule has 1 N–H and O–H groups in total. The van der Waals surface area contributed by atoms with Gasteiger partial charge in [0.15, 0.2) is 0 Å². The van der Waals surface area contributed by atoms with Crippen molar-refractivity contribution in [2.75, 3.05) is 13.1 Å². The summed E-state index contributed by atoms with van der Waals surface area (Å²) in [5.74, 6) is 0.769. The summed E-state index contributed by atoms with van der Waals surface area (Å²) in [7, 11) is 0. The average Bonchev–Trinajstić information content (AvgIpc) is 2.63. The minimum absolute atomic E-state index is 0.653. The Morgan fingerprint density at radius 1 is 1.43 bits per heavy atom. The molecule has 0 amide bonds. The fourth-order valence-corrected chi connectivity index (χ4v) is 2.91. The second-order valence-corrected chi connectivity index (χ2v) is 4.83. The summed E-state index contributed by atoms with van der Waals surface area (Å²) in [6.07, 6.45) is 8.02. The van der Waals surface area contributed by atoms with E-state index in [1.54, 1.807) is 0 Å². The van der Waals surface area contributed by atoms with Gasteiger partial charge in [-0.05, 0) is 42.2 Å². The van der Waals surface area contributed by atoms with Crippen molar-refractivity contribution in [1.29, 1.82) is 0 Å². The molecular formula is C12H16N2. The summed E-state index contributed by atoms with van der Waals surface area (Å²) in [6, 6.07) is 4.28. The first-order valence-electron chi connectivity index (χ1n) is 5.49. The van der Waals surface area contributed by atoms with E-state index >= 15 is 0 Å². The van der Waals surface area contributed by atoms with E-state index in [4.69, 9.17) is 0 Å².